The number of aromatic nitrogens is 1. The number of pyridine rings is 1. The predicted octanol–water partition coefficient (Wildman–Crippen LogP) is 5.19. The molecular weight excluding hydrogens is 355 g/mol. The molecular formula is C12H9BrCl2N2S. The van der Waals surface area contributed by atoms with Crippen molar-refractivity contribution in [1.29, 1.82) is 0 Å². The van der Waals surface area contributed by atoms with Crippen LogP contribution in [-0.2, 0) is 0 Å². The van der Waals surface area contributed by atoms with E-state index in [0.29, 0.717) is 15.7 Å². The Labute approximate surface area is 128 Å². The van der Waals surface area contributed by atoms with Crippen LogP contribution in [0.25, 0.3) is 0 Å². The first-order valence-corrected chi connectivity index (χ1v) is 7.39. The zero-order valence-corrected chi connectivity index (χ0v) is 13.3. The number of rotatable bonds is 2. The highest BCUT2D eigenvalue weighted by atomic mass is 79.9. The number of benzene rings is 1. The molecule has 0 amide bonds. The fourth-order valence-corrected chi connectivity index (χ4v) is 3.11. The first-order valence-electron chi connectivity index (χ1n) is 5.02. The van der Waals surface area contributed by atoms with Gasteiger partial charge in [0, 0.05) is 4.90 Å². The van der Waals surface area contributed by atoms with Crippen molar-refractivity contribution in [3.05, 3.63) is 44.5 Å². The number of nitrogen functional groups attached to an aromatic ring is 1. The van der Waals surface area contributed by atoms with Crippen molar-refractivity contribution in [3.8, 4) is 0 Å². The maximum absolute atomic E-state index is 5.98. The van der Waals surface area contributed by atoms with Gasteiger partial charge in [0.05, 0.1) is 26.4 Å². The normalized spacial score (nSPS) is 10.7. The summed E-state index contributed by atoms with van der Waals surface area (Å²) in [6.45, 7) is 1.94. The fourth-order valence-electron chi connectivity index (χ4n) is 1.29. The summed E-state index contributed by atoms with van der Waals surface area (Å²) in [7, 11) is 0. The summed E-state index contributed by atoms with van der Waals surface area (Å²) in [5.74, 6) is 0. The van der Waals surface area contributed by atoms with Crippen LogP contribution in [0.3, 0.4) is 0 Å². The molecule has 2 nitrogen and oxygen atoms in total. The fraction of sp³-hybridized carbons (Fsp3) is 0.0833. The van der Waals surface area contributed by atoms with E-state index in [-0.39, 0.29) is 0 Å². The molecule has 0 aliphatic heterocycles. The van der Waals surface area contributed by atoms with Gasteiger partial charge in [-0.05, 0) is 46.6 Å². The number of nitrogens with zero attached hydrogens (tertiary/aromatic N) is 1. The van der Waals surface area contributed by atoms with E-state index < -0.39 is 0 Å². The van der Waals surface area contributed by atoms with Gasteiger partial charge in [-0.25, -0.2) is 4.98 Å². The standard InChI is InChI=1S/C12H9BrCl2N2S/c1-6-10(16)5-17-12(11(6)13)18-7-2-3-8(14)9(15)4-7/h2-5H,16H2,1H3. The van der Waals surface area contributed by atoms with Crippen molar-refractivity contribution in [1.82, 2.24) is 4.98 Å². The Hall–Kier alpha value is -0.420. The Bertz CT molecular complexity index is 605. The number of halogens is 3. The van der Waals surface area contributed by atoms with E-state index in [0.717, 1.165) is 20.0 Å². The van der Waals surface area contributed by atoms with Crippen LogP contribution in [0.15, 0.2) is 38.8 Å². The molecule has 0 spiro atoms. The van der Waals surface area contributed by atoms with Crippen LogP contribution in [0.1, 0.15) is 5.56 Å². The average molecular weight is 364 g/mol. The molecule has 2 aromatic rings. The summed E-state index contributed by atoms with van der Waals surface area (Å²) in [6.07, 6.45) is 1.65. The van der Waals surface area contributed by atoms with Crippen LogP contribution >= 0.6 is 50.9 Å². The molecule has 0 saturated carbocycles. The van der Waals surface area contributed by atoms with Gasteiger partial charge >= 0.3 is 0 Å². The number of nitrogens with two attached hydrogens (primary N) is 1. The van der Waals surface area contributed by atoms with Crippen molar-refractivity contribution in [2.75, 3.05) is 5.73 Å². The van der Waals surface area contributed by atoms with Gasteiger partial charge in [-0.15, -0.1) is 0 Å². The molecule has 0 saturated heterocycles. The number of hydrogen-bond acceptors (Lipinski definition) is 3. The summed E-state index contributed by atoms with van der Waals surface area (Å²) in [5.41, 5.74) is 7.43. The topological polar surface area (TPSA) is 38.9 Å². The quantitative estimate of drug-likeness (QED) is 0.797. The number of anilines is 1. The molecule has 1 heterocycles. The molecule has 0 fully saturated rings. The first kappa shape index (κ1) is 14.0. The van der Waals surface area contributed by atoms with Gasteiger partial charge in [-0.3, -0.25) is 0 Å². The molecule has 18 heavy (non-hydrogen) atoms. The molecule has 0 aliphatic carbocycles. The van der Waals surface area contributed by atoms with Crippen LogP contribution in [0.5, 0.6) is 0 Å². The minimum absolute atomic E-state index is 0.532. The highest BCUT2D eigenvalue weighted by molar-refractivity contribution is 9.10. The Balaban J connectivity index is 2.34. The summed E-state index contributed by atoms with van der Waals surface area (Å²) in [4.78, 5) is 5.27. The largest absolute Gasteiger partial charge is 0.397 e. The molecule has 2 N–H and O–H groups in total. The van der Waals surface area contributed by atoms with Gasteiger partial charge in [-0.2, -0.15) is 0 Å². The van der Waals surface area contributed by atoms with Crippen LogP contribution in [0.4, 0.5) is 5.69 Å². The molecule has 0 atom stereocenters. The van der Waals surface area contributed by atoms with Crippen LogP contribution in [-0.4, -0.2) is 4.98 Å². The minimum atomic E-state index is 0.532. The van der Waals surface area contributed by atoms with Crippen molar-refractivity contribution in [3.63, 3.8) is 0 Å². The van der Waals surface area contributed by atoms with Gasteiger partial charge in [0.15, 0.2) is 0 Å². The lowest BCUT2D eigenvalue weighted by molar-refractivity contribution is 1.09. The summed E-state index contributed by atoms with van der Waals surface area (Å²) in [6, 6.07) is 5.48. The maximum atomic E-state index is 5.98. The molecule has 94 valence electrons. The Morgan fingerprint density at radius 1 is 1.28 bits per heavy atom. The van der Waals surface area contributed by atoms with Crippen molar-refractivity contribution in [2.24, 2.45) is 0 Å². The van der Waals surface area contributed by atoms with Crippen LogP contribution in [0.2, 0.25) is 10.0 Å². The van der Waals surface area contributed by atoms with E-state index in [1.807, 2.05) is 19.1 Å². The van der Waals surface area contributed by atoms with Crippen molar-refractivity contribution in [2.45, 2.75) is 16.8 Å². The zero-order chi connectivity index (χ0) is 13.3. The lowest BCUT2D eigenvalue weighted by Crippen LogP contribution is -1.94. The molecule has 1 aromatic heterocycles. The van der Waals surface area contributed by atoms with E-state index in [9.17, 15) is 0 Å². The Morgan fingerprint density at radius 2 is 2.00 bits per heavy atom. The Morgan fingerprint density at radius 3 is 2.67 bits per heavy atom. The second-order valence-electron chi connectivity index (χ2n) is 3.64. The monoisotopic (exact) mass is 362 g/mol. The smallest absolute Gasteiger partial charge is 0.115 e. The molecule has 2 rings (SSSR count). The molecule has 0 unspecified atom stereocenters. The van der Waals surface area contributed by atoms with E-state index >= 15 is 0 Å². The lowest BCUT2D eigenvalue weighted by atomic mass is 10.3. The molecule has 1 aromatic carbocycles. The highest BCUT2D eigenvalue weighted by Crippen LogP contribution is 2.37. The first-order chi connectivity index (χ1) is 8.49. The van der Waals surface area contributed by atoms with Gasteiger partial charge in [0.1, 0.15) is 5.03 Å². The SMILES string of the molecule is Cc1c(N)cnc(Sc2ccc(Cl)c(Cl)c2)c1Br. The van der Waals surface area contributed by atoms with E-state index in [1.54, 1.807) is 12.3 Å². The van der Waals surface area contributed by atoms with Gasteiger partial charge < -0.3 is 5.73 Å². The minimum Gasteiger partial charge on any atom is -0.397 e. The summed E-state index contributed by atoms with van der Waals surface area (Å²) >= 11 is 16.9. The third-order valence-corrected chi connectivity index (χ3v) is 5.34. The third kappa shape index (κ3) is 2.94. The van der Waals surface area contributed by atoms with Crippen LogP contribution < -0.4 is 5.73 Å². The van der Waals surface area contributed by atoms with Gasteiger partial charge in [0.25, 0.3) is 0 Å². The summed E-state index contributed by atoms with van der Waals surface area (Å²) in [5, 5.41) is 1.92. The summed E-state index contributed by atoms with van der Waals surface area (Å²) < 4.78 is 0.901. The highest BCUT2D eigenvalue weighted by Gasteiger charge is 2.10. The zero-order valence-electron chi connectivity index (χ0n) is 9.38. The molecule has 0 radical (unpaired) electrons. The van der Waals surface area contributed by atoms with Gasteiger partial charge in [0.2, 0.25) is 0 Å². The van der Waals surface area contributed by atoms with Gasteiger partial charge in [-0.1, -0.05) is 35.0 Å². The lowest BCUT2D eigenvalue weighted by Gasteiger charge is -2.08. The van der Waals surface area contributed by atoms with E-state index in [4.69, 9.17) is 28.9 Å². The number of hydrogen-bond donors (Lipinski definition) is 1. The van der Waals surface area contributed by atoms with Crippen molar-refractivity contribution < 1.29 is 0 Å². The molecule has 6 heteroatoms. The second kappa shape index (κ2) is 5.70. The molecule has 0 aliphatic rings. The second-order valence-corrected chi connectivity index (χ2v) is 6.31. The van der Waals surface area contributed by atoms with Crippen LogP contribution in [0, 0.1) is 6.92 Å². The predicted molar refractivity (Wildman–Crippen MR) is 81.7 cm³/mol. The van der Waals surface area contributed by atoms with Crippen molar-refractivity contribution >= 4 is 56.6 Å². The average Bonchev–Trinajstić information content (AvgIpc) is 2.34. The maximum Gasteiger partial charge on any atom is 0.115 e. The third-order valence-electron chi connectivity index (χ3n) is 2.38. The van der Waals surface area contributed by atoms with E-state index in [2.05, 4.69) is 20.9 Å². The molecule has 0 bridgehead atoms. The van der Waals surface area contributed by atoms with E-state index in [1.165, 1.54) is 11.8 Å². The Kier molecular flexibility index (Phi) is 4.43.